The SMILES string of the molecule is CS(=O)(=O)CC1(CC(=O)Nc2ccc(C(=O)O)cc2F)CC1. The van der Waals surface area contributed by atoms with Crippen LogP contribution in [0.3, 0.4) is 0 Å². The largest absolute Gasteiger partial charge is 0.478 e. The lowest BCUT2D eigenvalue weighted by Crippen LogP contribution is -2.23. The van der Waals surface area contributed by atoms with E-state index in [1.54, 1.807) is 0 Å². The van der Waals surface area contributed by atoms with E-state index in [0.29, 0.717) is 12.8 Å². The van der Waals surface area contributed by atoms with Crippen molar-refractivity contribution in [1.29, 1.82) is 0 Å². The van der Waals surface area contributed by atoms with Crippen LogP contribution < -0.4 is 5.32 Å². The standard InChI is InChI=1S/C14H16FNO5S/c1-22(20,21)8-14(4-5-14)7-12(17)16-11-3-2-9(13(18)19)6-10(11)15/h2-3,6H,4-5,7-8H2,1H3,(H,16,17)(H,18,19). The number of carbonyl (C=O) groups is 2. The summed E-state index contributed by atoms with van der Waals surface area (Å²) in [5, 5.41) is 11.1. The molecule has 6 nitrogen and oxygen atoms in total. The minimum absolute atomic E-state index is 0.000190. The Kier molecular flexibility index (Phi) is 4.23. The van der Waals surface area contributed by atoms with E-state index < -0.39 is 32.9 Å². The first-order valence-corrected chi connectivity index (χ1v) is 8.67. The fraction of sp³-hybridized carbons (Fsp3) is 0.429. The van der Waals surface area contributed by atoms with E-state index in [4.69, 9.17) is 5.11 Å². The molecule has 1 saturated carbocycles. The van der Waals surface area contributed by atoms with Crippen molar-refractivity contribution in [2.24, 2.45) is 5.41 Å². The van der Waals surface area contributed by atoms with E-state index in [2.05, 4.69) is 5.32 Å². The summed E-state index contributed by atoms with van der Waals surface area (Å²) in [6, 6.07) is 3.18. The maximum atomic E-state index is 13.7. The molecule has 0 heterocycles. The smallest absolute Gasteiger partial charge is 0.335 e. The van der Waals surface area contributed by atoms with Gasteiger partial charge in [0.1, 0.15) is 15.7 Å². The van der Waals surface area contributed by atoms with E-state index in [0.717, 1.165) is 12.3 Å². The molecule has 1 aromatic rings. The molecule has 1 amide bonds. The Morgan fingerprint density at radius 2 is 2.00 bits per heavy atom. The first-order chi connectivity index (χ1) is 10.1. The van der Waals surface area contributed by atoms with E-state index in [-0.39, 0.29) is 23.4 Å². The predicted molar refractivity (Wildman–Crippen MR) is 78.0 cm³/mol. The number of rotatable bonds is 6. The van der Waals surface area contributed by atoms with Gasteiger partial charge in [-0.15, -0.1) is 0 Å². The predicted octanol–water partition coefficient (Wildman–Crippen LogP) is 1.68. The Bertz CT molecular complexity index is 725. The Labute approximate surface area is 127 Å². The van der Waals surface area contributed by atoms with Crippen LogP contribution in [0, 0.1) is 11.2 Å². The third-order valence-corrected chi connectivity index (χ3v) is 4.69. The quantitative estimate of drug-likeness (QED) is 0.827. The van der Waals surface area contributed by atoms with Crippen LogP contribution in [0.1, 0.15) is 29.6 Å². The van der Waals surface area contributed by atoms with Gasteiger partial charge in [0.05, 0.1) is 17.0 Å². The monoisotopic (exact) mass is 329 g/mol. The summed E-state index contributed by atoms with van der Waals surface area (Å²) in [6.07, 6.45) is 2.41. The van der Waals surface area contributed by atoms with Gasteiger partial charge in [-0.3, -0.25) is 4.79 Å². The lowest BCUT2D eigenvalue weighted by Gasteiger charge is -2.14. The van der Waals surface area contributed by atoms with Crippen LogP contribution in [0.4, 0.5) is 10.1 Å². The molecular weight excluding hydrogens is 313 g/mol. The lowest BCUT2D eigenvalue weighted by atomic mass is 10.0. The number of halogens is 1. The summed E-state index contributed by atoms with van der Waals surface area (Å²) in [4.78, 5) is 22.6. The summed E-state index contributed by atoms with van der Waals surface area (Å²) in [6.45, 7) is 0. The number of amides is 1. The number of anilines is 1. The van der Waals surface area contributed by atoms with Crippen molar-refractivity contribution in [3.8, 4) is 0 Å². The topological polar surface area (TPSA) is 101 Å². The van der Waals surface area contributed by atoms with Crippen LogP contribution >= 0.6 is 0 Å². The van der Waals surface area contributed by atoms with Crippen molar-refractivity contribution in [3.63, 3.8) is 0 Å². The number of hydrogen-bond donors (Lipinski definition) is 2. The minimum Gasteiger partial charge on any atom is -0.478 e. The first-order valence-electron chi connectivity index (χ1n) is 6.61. The fourth-order valence-corrected chi connectivity index (χ4v) is 3.89. The van der Waals surface area contributed by atoms with Gasteiger partial charge in [0.2, 0.25) is 5.91 Å². The molecule has 0 spiro atoms. The lowest BCUT2D eigenvalue weighted by molar-refractivity contribution is -0.117. The van der Waals surface area contributed by atoms with Gasteiger partial charge in [0.15, 0.2) is 0 Å². The molecule has 2 N–H and O–H groups in total. The molecule has 0 unspecified atom stereocenters. The number of nitrogens with one attached hydrogen (secondary N) is 1. The number of carboxylic acid groups (broad SMARTS) is 1. The molecule has 0 aromatic heterocycles. The highest BCUT2D eigenvalue weighted by atomic mass is 32.2. The number of benzene rings is 1. The molecule has 0 radical (unpaired) electrons. The number of carboxylic acids is 1. The fourth-order valence-electron chi connectivity index (χ4n) is 2.39. The summed E-state index contributed by atoms with van der Waals surface area (Å²) < 4.78 is 36.4. The van der Waals surface area contributed by atoms with E-state index >= 15 is 0 Å². The Morgan fingerprint density at radius 1 is 1.36 bits per heavy atom. The Balaban J connectivity index is 2.02. The molecule has 0 saturated heterocycles. The summed E-state index contributed by atoms with van der Waals surface area (Å²) in [5.41, 5.74) is -0.883. The van der Waals surface area contributed by atoms with Gasteiger partial charge in [-0.1, -0.05) is 0 Å². The molecule has 0 atom stereocenters. The second-order valence-corrected chi connectivity index (χ2v) is 7.94. The van der Waals surface area contributed by atoms with E-state index in [1.807, 2.05) is 0 Å². The van der Waals surface area contributed by atoms with Crippen molar-refractivity contribution in [2.45, 2.75) is 19.3 Å². The van der Waals surface area contributed by atoms with Crippen molar-refractivity contribution >= 4 is 27.4 Å². The molecule has 22 heavy (non-hydrogen) atoms. The summed E-state index contributed by atoms with van der Waals surface area (Å²) >= 11 is 0. The molecule has 1 aromatic carbocycles. The van der Waals surface area contributed by atoms with Gasteiger partial charge in [-0.05, 0) is 36.5 Å². The van der Waals surface area contributed by atoms with Gasteiger partial charge in [-0.25, -0.2) is 17.6 Å². The average Bonchev–Trinajstić information content (AvgIpc) is 3.08. The van der Waals surface area contributed by atoms with Crippen LogP contribution in [-0.4, -0.2) is 37.4 Å². The average molecular weight is 329 g/mol. The van der Waals surface area contributed by atoms with Crippen molar-refractivity contribution in [3.05, 3.63) is 29.6 Å². The van der Waals surface area contributed by atoms with Crippen molar-refractivity contribution in [2.75, 3.05) is 17.3 Å². The summed E-state index contributed by atoms with van der Waals surface area (Å²) in [5.74, 6) is -2.65. The number of carbonyl (C=O) groups excluding carboxylic acids is 1. The minimum atomic E-state index is -3.18. The molecule has 1 aliphatic rings. The maximum absolute atomic E-state index is 13.7. The molecule has 1 fully saturated rings. The first kappa shape index (κ1) is 16.4. The third-order valence-electron chi connectivity index (χ3n) is 3.55. The normalized spacial score (nSPS) is 16.1. The molecule has 0 bridgehead atoms. The molecule has 2 rings (SSSR count). The zero-order valence-corrected chi connectivity index (χ0v) is 12.7. The molecule has 0 aliphatic heterocycles. The zero-order chi connectivity index (χ0) is 16.5. The van der Waals surface area contributed by atoms with Gasteiger partial charge in [-0.2, -0.15) is 0 Å². The molecular formula is C14H16FNO5S. The van der Waals surface area contributed by atoms with Crippen LogP contribution in [0.5, 0.6) is 0 Å². The van der Waals surface area contributed by atoms with Gasteiger partial charge < -0.3 is 10.4 Å². The van der Waals surface area contributed by atoms with Gasteiger partial charge in [0.25, 0.3) is 0 Å². The Morgan fingerprint density at radius 3 is 2.45 bits per heavy atom. The van der Waals surface area contributed by atoms with E-state index in [1.165, 1.54) is 12.1 Å². The van der Waals surface area contributed by atoms with Gasteiger partial charge in [0, 0.05) is 12.7 Å². The molecule has 120 valence electrons. The number of aromatic carboxylic acids is 1. The zero-order valence-electron chi connectivity index (χ0n) is 11.9. The van der Waals surface area contributed by atoms with Gasteiger partial charge >= 0.3 is 5.97 Å². The number of sulfone groups is 1. The molecule has 8 heteroatoms. The third kappa shape index (κ3) is 4.27. The van der Waals surface area contributed by atoms with E-state index in [9.17, 15) is 22.4 Å². The maximum Gasteiger partial charge on any atom is 0.335 e. The highest BCUT2D eigenvalue weighted by Gasteiger charge is 2.46. The van der Waals surface area contributed by atoms with Crippen LogP contribution in [-0.2, 0) is 14.6 Å². The van der Waals surface area contributed by atoms with Crippen LogP contribution in [0.2, 0.25) is 0 Å². The second-order valence-electron chi connectivity index (χ2n) is 5.79. The number of hydrogen-bond acceptors (Lipinski definition) is 4. The van der Waals surface area contributed by atoms with Crippen molar-refractivity contribution in [1.82, 2.24) is 0 Å². The highest BCUT2D eigenvalue weighted by molar-refractivity contribution is 7.90. The highest BCUT2D eigenvalue weighted by Crippen LogP contribution is 2.49. The second kappa shape index (κ2) is 5.68. The summed E-state index contributed by atoms with van der Waals surface area (Å²) in [7, 11) is -3.18. The Hall–Kier alpha value is -1.96. The van der Waals surface area contributed by atoms with Crippen molar-refractivity contribution < 1.29 is 27.5 Å². The van der Waals surface area contributed by atoms with Crippen LogP contribution in [0.15, 0.2) is 18.2 Å². The molecule has 1 aliphatic carbocycles. The van der Waals surface area contributed by atoms with Crippen LogP contribution in [0.25, 0.3) is 0 Å².